The molecule has 0 unspecified atom stereocenters. The molecule has 0 aliphatic rings. The van der Waals surface area contributed by atoms with Crippen molar-refractivity contribution in [1.82, 2.24) is 10.1 Å². The monoisotopic (exact) mass is 339 g/mol. The first-order valence-corrected chi connectivity index (χ1v) is 7.63. The number of carbonyl (C=O) groups excluding carboxylic acids is 2. The summed E-state index contributed by atoms with van der Waals surface area (Å²) in [6, 6.07) is 5.07. The molecule has 3 rings (SSSR count). The molecular weight excluding hydrogens is 322 g/mol. The summed E-state index contributed by atoms with van der Waals surface area (Å²) in [6.07, 6.45) is 1.42. The second-order valence-corrected chi connectivity index (χ2v) is 5.76. The SMILES string of the molecule is COC(=O)c1cc(NC(=O)c2cnc3onc(C)c3c2)cc(C)c1C. The first-order chi connectivity index (χ1) is 11.9. The van der Waals surface area contributed by atoms with E-state index in [1.165, 1.54) is 13.3 Å². The molecule has 0 saturated carbocycles. The number of nitrogens with zero attached hydrogens (tertiary/aromatic N) is 2. The van der Waals surface area contributed by atoms with Crippen molar-refractivity contribution in [3.63, 3.8) is 0 Å². The number of ether oxygens (including phenoxy) is 1. The van der Waals surface area contributed by atoms with Gasteiger partial charge >= 0.3 is 5.97 Å². The van der Waals surface area contributed by atoms with Crippen molar-refractivity contribution in [2.75, 3.05) is 12.4 Å². The summed E-state index contributed by atoms with van der Waals surface area (Å²) in [7, 11) is 1.32. The fraction of sp³-hybridized carbons (Fsp3) is 0.222. The van der Waals surface area contributed by atoms with Crippen molar-refractivity contribution < 1.29 is 18.8 Å². The number of hydrogen-bond acceptors (Lipinski definition) is 6. The zero-order valence-electron chi connectivity index (χ0n) is 14.3. The van der Waals surface area contributed by atoms with Gasteiger partial charge in [-0.1, -0.05) is 5.16 Å². The average molecular weight is 339 g/mol. The number of amides is 1. The summed E-state index contributed by atoms with van der Waals surface area (Å²) < 4.78 is 9.83. The second kappa shape index (κ2) is 6.35. The van der Waals surface area contributed by atoms with Crippen LogP contribution in [0.4, 0.5) is 5.69 Å². The van der Waals surface area contributed by atoms with Crippen LogP contribution >= 0.6 is 0 Å². The fourth-order valence-electron chi connectivity index (χ4n) is 2.53. The average Bonchev–Trinajstić information content (AvgIpc) is 2.97. The van der Waals surface area contributed by atoms with E-state index in [-0.39, 0.29) is 5.91 Å². The van der Waals surface area contributed by atoms with Crippen molar-refractivity contribution in [1.29, 1.82) is 0 Å². The molecule has 128 valence electrons. The number of aromatic nitrogens is 2. The van der Waals surface area contributed by atoms with E-state index in [1.807, 2.05) is 13.8 Å². The van der Waals surface area contributed by atoms with Gasteiger partial charge in [-0.2, -0.15) is 0 Å². The van der Waals surface area contributed by atoms with Gasteiger partial charge in [-0.15, -0.1) is 0 Å². The number of anilines is 1. The fourth-order valence-corrected chi connectivity index (χ4v) is 2.53. The summed E-state index contributed by atoms with van der Waals surface area (Å²) in [4.78, 5) is 28.5. The third-order valence-corrected chi connectivity index (χ3v) is 4.10. The lowest BCUT2D eigenvalue weighted by atomic mass is 10.0. The number of carbonyl (C=O) groups is 2. The molecule has 7 heteroatoms. The predicted octanol–water partition coefficient (Wildman–Crippen LogP) is 3.19. The number of nitrogens with one attached hydrogen (secondary N) is 1. The maximum absolute atomic E-state index is 12.5. The summed E-state index contributed by atoms with van der Waals surface area (Å²) in [6.45, 7) is 5.48. The zero-order chi connectivity index (χ0) is 18.1. The van der Waals surface area contributed by atoms with Crippen molar-refractivity contribution in [2.45, 2.75) is 20.8 Å². The number of aryl methyl sites for hydroxylation is 2. The van der Waals surface area contributed by atoms with E-state index in [0.29, 0.717) is 33.6 Å². The highest BCUT2D eigenvalue weighted by atomic mass is 16.5. The molecule has 1 N–H and O–H groups in total. The Hall–Kier alpha value is -3.22. The summed E-state index contributed by atoms with van der Waals surface area (Å²) in [5.74, 6) is -0.783. The van der Waals surface area contributed by atoms with Crippen LogP contribution in [0.15, 0.2) is 28.9 Å². The number of rotatable bonds is 3. The molecule has 0 aliphatic heterocycles. The first-order valence-electron chi connectivity index (χ1n) is 7.63. The van der Waals surface area contributed by atoms with Gasteiger partial charge in [0.25, 0.3) is 11.6 Å². The Balaban J connectivity index is 1.92. The van der Waals surface area contributed by atoms with E-state index in [4.69, 9.17) is 9.26 Å². The van der Waals surface area contributed by atoms with E-state index in [0.717, 1.165) is 11.1 Å². The maximum Gasteiger partial charge on any atom is 0.338 e. The van der Waals surface area contributed by atoms with Crippen LogP contribution in [-0.4, -0.2) is 29.1 Å². The molecule has 25 heavy (non-hydrogen) atoms. The molecule has 2 aromatic heterocycles. The molecule has 2 heterocycles. The Morgan fingerprint density at radius 1 is 1.16 bits per heavy atom. The quantitative estimate of drug-likeness (QED) is 0.737. The number of hydrogen-bond donors (Lipinski definition) is 1. The molecule has 0 atom stereocenters. The van der Waals surface area contributed by atoms with Crippen LogP contribution in [0.1, 0.15) is 37.5 Å². The predicted molar refractivity (Wildman–Crippen MR) is 91.7 cm³/mol. The molecular formula is C18H17N3O4. The molecule has 0 bridgehead atoms. The number of pyridine rings is 1. The standard InChI is InChI=1S/C18H17N3O4/c1-9-5-13(7-14(10(9)2)18(23)24-4)20-16(22)12-6-15-11(3)21-25-17(15)19-8-12/h5-8H,1-4H3,(H,20,22). The van der Waals surface area contributed by atoms with Crippen molar-refractivity contribution in [3.05, 3.63) is 52.3 Å². The maximum atomic E-state index is 12.5. The minimum Gasteiger partial charge on any atom is -0.465 e. The van der Waals surface area contributed by atoms with Crippen LogP contribution < -0.4 is 5.32 Å². The van der Waals surface area contributed by atoms with E-state index < -0.39 is 5.97 Å². The molecule has 0 fully saturated rings. The number of fused-ring (bicyclic) bond motifs is 1. The number of benzene rings is 1. The van der Waals surface area contributed by atoms with Gasteiger partial charge in [-0.25, -0.2) is 9.78 Å². The van der Waals surface area contributed by atoms with Crippen molar-refractivity contribution >= 4 is 28.7 Å². The highest BCUT2D eigenvalue weighted by Crippen LogP contribution is 2.22. The lowest BCUT2D eigenvalue weighted by Crippen LogP contribution is -2.14. The van der Waals surface area contributed by atoms with Crippen LogP contribution in [0.3, 0.4) is 0 Å². The summed E-state index contributed by atoms with van der Waals surface area (Å²) in [5, 5.41) is 7.29. The van der Waals surface area contributed by atoms with Crippen LogP contribution in [-0.2, 0) is 4.74 Å². The van der Waals surface area contributed by atoms with Crippen LogP contribution in [0, 0.1) is 20.8 Å². The first kappa shape index (κ1) is 16.6. The largest absolute Gasteiger partial charge is 0.465 e. The minimum absolute atomic E-state index is 0.339. The summed E-state index contributed by atoms with van der Waals surface area (Å²) in [5.41, 5.74) is 4.03. The molecule has 0 spiro atoms. The Morgan fingerprint density at radius 3 is 2.64 bits per heavy atom. The molecule has 0 aliphatic carbocycles. The van der Waals surface area contributed by atoms with Gasteiger partial charge in [0.1, 0.15) is 0 Å². The Morgan fingerprint density at radius 2 is 1.92 bits per heavy atom. The minimum atomic E-state index is -0.445. The topological polar surface area (TPSA) is 94.3 Å². The van der Waals surface area contributed by atoms with E-state index >= 15 is 0 Å². The molecule has 0 saturated heterocycles. The number of methoxy groups -OCH3 is 1. The van der Waals surface area contributed by atoms with Gasteiger partial charge in [0, 0.05) is 11.9 Å². The lowest BCUT2D eigenvalue weighted by molar-refractivity contribution is 0.0599. The van der Waals surface area contributed by atoms with Gasteiger partial charge in [0.15, 0.2) is 0 Å². The number of esters is 1. The van der Waals surface area contributed by atoms with Gasteiger partial charge in [0.05, 0.1) is 29.3 Å². The molecule has 1 amide bonds. The second-order valence-electron chi connectivity index (χ2n) is 5.76. The third-order valence-electron chi connectivity index (χ3n) is 4.10. The van der Waals surface area contributed by atoms with Gasteiger partial charge in [-0.05, 0) is 50.1 Å². The highest BCUT2D eigenvalue weighted by molar-refractivity contribution is 6.06. The molecule has 7 nitrogen and oxygen atoms in total. The van der Waals surface area contributed by atoms with E-state index in [1.54, 1.807) is 25.1 Å². The van der Waals surface area contributed by atoms with E-state index in [9.17, 15) is 9.59 Å². The van der Waals surface area contributed by atoms with Gasteiger partial charge in [-0.3, -0.25) is 4.79 Å². The third kappa shape index (κ3) is 3.08. The van der Waals surface area contributed by atoms with Crippen LogP contribution in [0.2, 0.25) is 0 Å². The summed E-state index contributed by atoms with van der Waals surface area (Å²) >= 11 is 0. The van der Waals surface area contributed by atoms with E-state index in [2.05, 4.69) is 15.5 Å². The molecule has 1 aromatic carbocycles. The van der Waals surface area contributed by atoms with Gasteiger partial charge < -0.3 is 14.6 Å². The van der Waals surface area contributed by atoms with Gasteiger partial charge in [0.2, 0.25) is 0 Å². The van der Waals surface area contributed by atoms with Crippen molar-refractivity contribution in [2.24, 2.45) is 0 Å². The zero-order valence-corrected chi connectivity index (χ0v) is 14.3. The normalized spacial score (nSPS) is 10.7. The van der Waals surface area contributed by atoms with Crippen LogP contribution in [0.5, 0.6) is 0 Å². The van der Waals surface area contributed by atoms with Crippen LogP contribution in [0.25, 0.3) is 11.1 Å². The molecule has 0 radical (unpaired) electrons. The smallest absolute Gasteiger partial charge is 0.338 e. The highest BCUT2D eigenvalue weighted by Gasteiger charge is 2.16. The molecule has 3 aromatic rings. The Bertz CT molecular complexity index is 991. The van der Waals surface area contributed by atoms with Crippen molar-refractivity contribution in [3.8, 4) is 0 Å². The Labute approximate surface area is 144 Å². The lowest BCUT2D eigenvalue weighted by Gasteiger charge is -2.12. The Kier molecular flexibility index (Phi) is 4.22.